The minimum absolute atomic E-state index is 0. The summed E-state index contributed by atoms with van der Waals surface area (Å²) in [6.07, 6.45) is 2.51. The third-order valence-corrected chi connectivity index (χ3v) is 4.41. The number of rotatable bonds is 8. The Kier molecular flexibility index (Phi) is 8.23. The van der Waals surface area contributed by atoms with Crippen LogP contribution in [0.3, 0.4) is 0 Å². The maximum absolute atomic E-state index is 12.6. The number of hydrogen-bond donors (Lipinski definition) is 2. The molecule has 0 atom stereocenters. The van der Waals surface area contributed by atoms with Gasteiger partial charge in [-0.2, -0.15) is 0 Å². The van der Waals surface area contributed by atoms with E-state index < -0.39 is 5.97 Å². The first-order valence-corrected chi connectivity index (χ1v) is 8.88. The number of nitrogen functional groups attached to an aromatic ring is 1. The molecule has 2 heterocycles. The number of benzene rings is 1. The molecule has 146 valence electrons. The molecular weight excluding hydrogens is 401 g/mol. The first-order valence-electron chi connectivity index (χ1n) is 8.88. The van der Waals surface area contributed by atoms with Gasteiger partial charge in [-0.05, 0) is 30.7 Å². The van der Waals surface area contributed by atoms with Crippen LogP contribution >= 0.6 is 0 Å². The van der Waals surface area contributed by atoms with Crippen molar-refractivity contribution in [3.63, 3.8) is 0 Å². The maximum Gasteiger partial charge on any atom is 1.00 e. The minimum atomic E-state index is -1.47. The van der Waals surface area contributed by atoms with Crippen molar-refractivity contribution in [3.8, 4) is 17.0 Å². The average molecular weight is 421 g/mol. The van der Waals surface area contributed by atoms with Crippen molar-refractivity contribution in [2.75, 3.05) is 5.73 Å². The van der Waals surface area contributed by atoms with Crippen LogP contribution in [0, 0.1) is 0 Å². The van der Waals surface area contributed by atoms with Gasteiger partial charge in [0.2, 0.25) is 0 Å². The van der Waals surface area contributed by atoms with Gasteiger partial charge in [-0.25, -0.2) is 0 Å². The van der Waals surface area contributed by atoms with Crippen LogP contribution in [0.5, 0.6) is 5.75 Å². The number of nitrogens with two attached hydrogens (primary N) is 1. The van der Waals surface area contributed by atoms with E-state index in [1.807, 2.05) is 6.92 Å². The molecule has 8 nitrogen and oxygen atoms in total. The number of carbonyl (C=O) groups is 2. The third kappa shape index (κ3) is 5.37. The van der Waals surface area contributed by atoms with Crippen molar-refractivity contribution in [3.05, 3.63) is 53.4 Å². The van der Waals surface area contributed by atoms with Gasteiger partial charge in [0, 0.05) is 48.3 Å². The summed E-state index contributed by atoms with van der Waals surface area (Å²) in [4.78, 5) is 24.0. The maximum atomic E-state index is 12.6. The third-order valence-electron chi connectivity index (χ3n) is 4.41. The van der Waals surface area contributed by atoms with Crippen LogP contribution in [0.15, 0.2) is 41.1 Å². The number of phenolic OH excluding ortho intramolecular Hbond substituents is 1. The summed E-state index contributed by atoms with van der Waals surface area (Å²) in [5, 5.41) is 24.7. The Morgan fingerprint density at radius 3 is 2.59 bits per heavy atom. The summed E-state index contributed by atoms with van der Waals surface area (Å²) in [5.41, 5.74) is 6.99. The zero-order valence-corrected chi connectivity index (χ0v) is 19.5. The first-order chi connectivity index (χ1) is 13.4. The molecule has 0 fully saturated rings. The van der Waals surface area contributed by atoms with E-state index in [9.17, 15) is 19.8 Å². The number of ketones is 1. The molecule has 0 aliphatic carbocycles. The molecule has 0 unspecified atom stereocenters. The summed E-state index contributed by atoms with van der Waals surface area (Å²) in [5.74, 6) is -1.16. The quantitative estimate of drug-likeness (QED) is 0.353. The largest absolute Gasteiger partial charge is 1.00 e. The second kappa shape index (κ2) is 10.2. The van der Waals surface area contributed by atoms with Crippen molar-refractivity contribution in [1.29, 1.82) is 0 Å². The number of phenols is 1. The number of aryl methyl sites for hydroxylation is 2. The second-order valence-electron chi connectivity index (χ2n) is 6.43. The summed E-state index contributed by atoms with van der Waals surface area (Å²) >= 11 is 0. The molecule has 0 spiro atoms. The van der Waals surface area contributed by atoms with Crippen LogP contribution in [0.2, 0.25) is 0 Å². The second-order valence-corrected chi connectivity index (χ2v) is 6.43. The van der Waals surface area contributed by atoms with Gasteiger partial charge >= 0.3 is 51.4 Å². The standard InChI is InChI=1S/C20H21N3O5.K/c1-2-9-23-11-15(18(19(23)21)20(26)27)17(25)8-7-14-10-16(22-28-14)12-3-5-13(24)6-4-12;/h3-6,10-11,24H,2,7-9,21H2,1H3,(H,26,27);/q;+1/p-1. The number of aromatic hydroxyl groups is 1. The fraction of sp³-hybridized carbons (Fsp3) is 0.250. The van der Waals surface area contributed by atoms with Crippen LogP contribution in [0.25, 0.3) is 11.3 Å². The Morgan fingerprint density at radius 2 is 1.97 bits per heavy atom. The number of carbonyl (C=O) groups excluding carboxylic acids is 2. The Bertz CT molecular complexity index is 1010. The smallest absolute Gasteiger partial charge is 0.545 e. The molecule has 0 aliphatic rings. The van der Waals surface area contributed by atoms with Gasteiger partial charge < -0.3 is 29.8 Å². The van der Waals surface area contributed by atoms with Gasteiger partial charge in [0.05, 0.1) is 5.97 Å². The van der Waals surface area contributed by atoms with E-state index in [0.717, 1.165) is 12.0 Å². The van der Waals surface area contributed by atoms with E-state index in [1.165, 1.54) is 6.20 Å². The number of Topliss-reactive ketones (excluding diaryl/α,β-unsaturated/α-hetero) is 1. The summed E-state index contributed by atoms with van der Waals surface area (Å²) in [6, 6.07) is 8.19. The molecule has 2 aromatic heterocycles. The molecule has 0 radical (unpaired) electrons. The van der Waals surface area contributed by atoms with Crippen molar-refractivity contribution < 1.29 is 75.7 Å². The van der Waals surface area contributed by atoms with Crippen molar-refractivity contribution >= 4 is 17.6 Å². The molecule has 0 amide bonds. The van der Waals surface area contributed by atoms with E-state index >= 15 is 0 Å². The van der Waals surface area contributed by atoms with Crippen LogP contribution in [-0.4, -0.2) is 26.6 Å². The molecule has 1 aromatic carbocycles. The summed E-state index contributed by atoms with van der Waals surface area (Å²) < 4.78 is 6.81. The Morgan fingerprint density at radius 1 is 1.28 bits per heavy atom. The van der Waals surface area contributed by atoms with E-state index in [4.69, 9.17) is 10.3 Å². The molecule has 3 rings (SSSR count). The van der Waals surface area contributed by atoms with Crippen LogP contribution < -0.4 is 62.2 Å². The first kappa shape index (κ1) is 23.4. The normalized spacial score (nSPS) is 10.5. The topological polar surface area (TPSA) is 134 Å². The number of hydrogen-bond acceptors (Lipinski definition) is 7. The predicted octanol–water partition coefficient (Wildman–Crippen LogP) is -0.976. The Hall–Kier alpha value is -1.91. The molecule has 9 heteroatoms. The van der Waals surface area contributed by atoms with Crippen molar-refractivity contribution in [1.82, 2.24) is 9.72 Å². The molecule has 29 heavy (non-hydrogen) atoms. The number of carboxylic acids is 1. The fourth-order valence-corrected chi connectivity index (χ4v) is 2.99. The van der Waals surface area contributed by atoms with Crippen LogP contribution in [-0.2, 0) is 13.0 Å². The van der Waals surface area contributed by atoms with Gasteiger partial charge in [-0.15, -0.1) is 0 Å². The van der Waals surface area contributed by atoms with Gasteiger partial charge in [-0.1, -0.05) is 12.1 Å². The number of carboxylic acid groups (broad SMARTS) is 1. The summed E-state index contributed by atoms with van der Waals surface area (Å²) in [6.45, 7) is 2.44. The predicted molar refractivity (Wildman–Crippen MR) is 99.7 cm³/mol. The van der Waals surface area contributed by atoms with Gasteiger partial charge in [-0.3, -0.25) is 4.79 Å². The molecular formula is C20H20KN3O5. The van der Waals surface area contributed by atoms with E-state index in [0.29, 0.717) is 18.0 Å². The molecule has 3 aromatic rings. The zero-order valence-electron chi connectivity index (χ0n) is 16.3. The van der Waals surface area contributed by atoms with E-state index in [1.54, 1.807) is 34.9 Å². The molecule has 0 saturated heterocycles. The monoisotopic (exact) mass is 421 g/mol. The molecule has 0 bridgehead atoms. The Balaban J connectivity index is 0.00000300. The average Bonchev–Trinajstić information content (AvgIpc) is 3.26. The van der Waals surface area contributed by atoms with Gasteiger partial charge in [0.1, 0.15) is 23.0 Å². The number of aromatic nitrogens is 2. The number of nitrogens with zero attached hydrogens (tertiary/aromatic N) is 2. The van der Waals surface area contributed by atoms with Crippen LogP contribution in [0.1, 0.15) is 46.2 Å². The molecule has 0 aliphatic heterocycles. The zero-order chi connectivity index (χ0) is 20.3. The SMILES string of the molecule is CCCn1cc(C(=O)CCc2cc(-c3ccc(O)cc3)no2)c(C(=O)[O-])c1N.[K+]. The van der Waals surface area contributed by atoms with Gasteiger partial charge in [0.15, 0.2) is 5.78 Å². The summed E-state index contributed by atoms with van der Waals surface area (Å²) in [7, 11) is 0. The van der Waals surface area contributed by atoms with Crippen LogP contribution in [0.4, 0.5) is 5.82 Å². The minimum Gasteiger partial charge on any atom is -0.545 e. The fourth-order valence-electron chi connectivity index (χ4n) is 2.99. The van der Waals surface area contributed by atoms with Crippen molar-refractivity contribution in [2.24, 2.45) is 0 Å². The van der Waals surface area contributed by atoms with E-state index in [2.05, 4.69) is 5.16 Å². The van der Waals surface area contributed by atoms with Gasteiger partial charge in [0.25, 0.3) is 0 Å². The molecule has 0 saturated carbocycles. The molecule has 3 N–H and O–H groups in total. The number of aromatic carboxylic acids is 1. The Labute approximate surface area is 210 Å². The van der Waals surface area contributed by atoms with E-state index in [-0.39, 0.29) is 92.7 Å². The van der Waals surface area contributed by atoms with Crippen molar-refractivity contribution in [2.45, 2.75) is 32.7 Å². The number of anilines is 1.